The number of hydrogen-bond acceptors (Lipinski definition) is 3. The fourth-order valence-corrected chi connectivity index (χ4v) is 2.38. The van der Waals surface area contributed by atoms with Crippen LogP contribution in [0, 0.1) is 11.3 Å². The number of nitrogens with zero attached hydrogens (tertiary/aromatic N) is 1. The Hall–Kier alpha value is -0.900. The summed E-state index contributed by atoms with van der Waals surface area (Å²) in [5.74, 6) is -0.170. The zero-order chi connectivity index (χ0) is 13.2. The third-order valence-corrected chi connectivity index (χ3v) is 3.68. The van der Waals surface area contributed by atoms with E-state index in [4.69, 9.17) is 0 Å². The van der Waals surface area contributed by atoms with E-state index in [9.17, 15) is 14.7 Å². The van der Waals surface area contributed by atoms with Crippen molar-refractivity contribution in [2.24, 2.45) is 11.3 Å². The van der Waals surface area contributed by atoms with Gasteiger partial charge in [-0.05, 0) is 5.92 Å². The predicted molar refractivity (Wildman–Crippen MR) is 65.2 cm³/mol. The standard InChI is InChI=1S/C13H23NO3/c1-5-9(6-2)10(15)8-14-11(16)7-13(3,4)12(14)17/h9-10,15H,5-8H2,1-4H3. The molecule has 17 heavy (non-hydrogen) atoms. The molecule has 1 atom stereocenters. The van der Waals surface area contributed by atoms with Crippen molar-refractivity contribution in [3.63, 3.8) is 0 Å². The Morgan fingerprint density at radius 3 is 2.18 bits per heavy atom. The molecule has 0 aromatic carbocycles. The minimum Gasteiger partial charge on any atom is -0.391 e. The van der Waals surface area contributed by atoms with Gasteiger partial charge in [-0.25, -0.2) is 0 Å². The summed E-state index contributed by atoms with van der Waals surface area (Å²) in [5, 5.41) is 10.0. The van der Waals surface area contributed by atoms with Crippen LogP contribution in [0.2, 0.25) is 0 Å². The van der Waals surface area contributed by atoms with Gasteiger partial charge in [0.15, 0.2) is 0 Å². The number of aliphatic hydroxyl groups excluding tert-OH is 1. The van der Waals surface area contributed by atoms with Crippen molar-refractivity contribution in [3.8, 4) is 0 Å². The normalized spacial score (nSPS) is 21.4. The molecule has 0 saturated carbocycles. The highest BCUT2D eigenvalue weighted by Gasteiger charge is 2.45. The van der Waals surface area contributed by atoms with Crippen LogP contribution in [0.15, 0.2) is 0 Å². The Morgan fingerprint density at radius 1 is 1.29 bits per heavy atom. The number of β-amino-alcohol motifs (C(OH)–C–C–N with tert-alkyl or cyclic N) is 1. The molecule has 1 fully saturated rings. The molecule has 0 aliphatic carbocycles. The molecule has 0 aromatic heterocycles. The van der Waals surface area contributed by atoms with Crippen LogP contribution in [0.25, 0.3) is 0 Å². The maximum Gasteiger partial charge on any atom is 0.235 e. The van der Waals surface area contributed by atoms with E-state index in [1.54, 1.807) is 13.8 Å². The van der Waals surface area contributed by atoms with Crippen LogP contribution in [0.1, 0.15) is 47.0 Å². The summed E-state index contributed by atoms with van der Waals surface area (Å²) in [6.07, 6.45) is 1.36. The van der Waals surface area contributed by atoms with Crippen molar-refractivity contribution in [1.82, 2.24) is 4.90 Å². The van der Waals surface area contributed by atoms with Crippen molar-refractivity contribution < 1.29 is 14.7 Å². The first-order chi connectivity index (χ1) is 7.83. The van der Waals surface area contributed by atoms with Crippen molar-refractivity contribution in [1.29, 1.82) is 0 Å². The number of imide groups is 1. The molecule has 1 aliphatic heterocycles. The molecule has 1 heterocycles. The van der Waals surface area contributed by atoms with Gasteiger partial charge in [0.05, 0.1) is 18.1 Å². The smallest absolute Gasteiger partial charge is 0.235 e. The molecule has 0 bridgehead atoms. The van der Waals surface area contributed by atoms with Crippen molar-refractivity contribution in [2.45, 2.75) is 53.1 Å². The number of hydrogen-bond donors (Lipinski definition) is 1. The maximum atomic E-state index is 12.0. The Morgan fingerprint density at radius 2 is 1.82 bits per heavy atom. The topological polar surface area (TPSA) is 57.6 Å². The van der Waals surface area contributed by atoms with E-state index in [1.807, 2.05) is 13.8 Å². The fourth-order valence-electron chi connectivity index (χ4n) is 2.38. The summed E-state index contributed by atoms with van der Waals surface area (Å²) >= 11 is 0. The van der Waals surface area contributed by atoms with Gasteiger partial charge in [-0.15, -0.1) is 0 Å². The monoisotopic (exact) mass is 241 g/mol. The average molecular weight is 241 g/mol. The molecule has 98 valence electrons. The van der Waals surface area contributed by atoms with E-state index in [2.05, 4.69) is 0 Å². The molecule has 4 heteroatoms. The molecule has 2 amide bonds. The maximum absolute atomic E-state index is 12.0. The van der Waals surface area contributed by atoms with E-state index in [0.717, 1.165) is 12.8 Å². The minimum absolute atomic E-state index is 0.146. The molecule has 1 aliphatic rings. The highest BCUT2D eigenvalue weighted by molar-refractivity contribution is 6.05. The van der Waals surface area contributed by atoms with E-state index < -0.39 is 11.5 Å². The van der Waals surface area contributed by atoms with E-state index >= 15 is 0 Å². The molecule has 0 radical (unpaired) electrons. The minimum atomic E-state index is -0.606. The summed E-state index contributed by atoms with van der Waals surface area (Å²) < 4.78 is 0. The Kier molecular flexibility index (Phi) is 4.31. The third kappa shape index (κ3) is 2.86. The number of carbonyl (C=O) groups is 2. The quantitative estimate of drug-likeness (QED) is 0.743. The van der Waals surface area contributed by atoms with Crippen molar-refractivity contribution >= 4 is 11.8 Å². The van der Waals surface area contributed by atoms with E-state index in [0.29, 0.717) is 0 Å². The number of likely N-dealkylation sites (tertiary alicyclic amines) is 1. The van der Waals surface area contributed by atoms with Gasteiger partial charge in [0.2, 0.25) is 11.8 Å². The summed E-state index contributed by atoms with van der Waals surface area (Å²) in [6, 6.07) is 0. The van der Waals surface area contributed by atoms with Crippen LogP contribution < -0.4 is 0 Å². The Bertz CT molecular complexity index is 308. The van der Waals surface area contributed by atoms with Gasteiger partial charge < -0.3 is 5.11 Å². The second kappa shape index (κ2) is 5.17. The number of amides is 2. The summed E-state index contributed by atoms with van der Waals surface area (Å²) in [7, 11) is 0. The average Bonchev–Trinajstić information content (AvgIpc) is 2.42. The van der Waals surface area contributed by atoms with Gasteiger partial charge in [0, 0.05) is 6.42 Å². The molecule has 0 aromatic rings. The van der Waals surface area contributed by atoms with Crippen molar-refractivity contribution in [3.05, 3.63) is 0 Å². The SMILES string of the molecule is CCC(CC)C(O)CN1C(=O)CC(C)(C)C1=O. The zero-order valence-corrected chi connectivity index (χ0v) is 11.2. The molecular formula is C13H23NO3. The lowest BCUT2D eigenvalue weighted by Crippen LogP contribution is -2.41. The zero-order valence-electron chi connectivity index (χ0n) is 11.2. The van der Waals surface area contributed by atoms with E-state index in [-0.39, 0.29) is 30.7 Å². The largest absolute Gasteiger partial charge is 0.391 e. The summed E-state index contributed by atoms with van der Waals surface area (Å²) in [4.78, 5) is 24.9. The van der Waals surface area contributed by atoms with Gasteiger partial charge >= 0.3 is 0 Å². The first-order valence-corrected chi connectivity index (χ1v) is 6.36. The van der Waals surface area contributed by atoms with Gasteiger partial charge in [0.1, 0.15) is 0 Å². The number of aliphatic hydroxyl groups is 1. The second-order valence-electron chi connectivity index (χ2n) is 5.51. The lowest BCUT2D eigenvalue weighted by atomic mass is 9.92. The second-order valence-corrected chi connectivity index (χ2v) is 5.51. The Balaban J connectivity index is 2.69. The highest BCUT2D eigenvalue weighted by atomic mass is 16.3. The number of rotatable bonds is 5. The fraction of sp³-hybridized carbons (Fsp3) is 0.846. The highest BCUT2D eigenvalue weighted by Crippen LogP contribution is 2.32. The first kappa shape index (κ1) is 14.2. The lowest BCUT2D eigenvalue weighted by molar-refractivity contribution is -0.143. The van der Waals surface area contributed by atoms with Gasteiger partial charge in [0.25, 0.3) is 0 Å². The van der Waals surface area contributed by atoms with Crippen molar-refractivity contribution in [2.75, 3.05) is 6.54 Å². The van der Waals surface area contributed by atoms with Crippen LogP contribution in [0.5, 0.6) is 0 Å². The molecule has 1 rings (SSSR count). The van der Waals surface area contributed by atoms with Crippen LogP contribution >= 0.6 is 0 Å². The van der Waals surface area contributed by atoms with Crippen LogP contribution in [-0.4, -0.2) is 34.5 Å². The van der Waals surface area contributed by atoms with Crippen LogP contribution in [0.3, 0.4) is 0 Å². The van der Waals surface area contributed by atoms with E-state index in [1.165, 1.54) is 4.90 Å². The molecular weight excluding hydrogens is 218 g/mol. The molecule has 1 unspecified atom stereocenters. The predicted octanol–water partition coefficient (Wildman–Crippen LogP) is 1.57. The van der Waals surface area contributed by atoms with Crippen LogP contribution in [-0.2, 0) is 9.59 Å². The van der Waals surface area contributed by atoms with Gasteiger partial charge in [-0.1, -0.05) is 40.5 Å². The Labute approximate surface area is 103 Å². The molecule has 4 nitrogen and oxygen atoms in total. The number of carbonyl (C=O) groups excluding carboxylic acids is 2. The molecule has 0 spiro atoms. The molecule has 1 saturated heterocycles. The van der Waals surface area contributed by atoms with Gasteiger partial charge in [-0.2, -0.15) is 0 Å². The lowest BCUT2D eigenvalue weighted by Gasteiger charge is -2.25. The van der Waals surface area contributed by atoms with Gasteiger partial charge in [-0.3, -0.25) is 14.5 Å². The summed E-state index contributed by atoms with van der Waals surface area (Å²) in [6.45, 7) is 7.71. The van der Waals surface area contributed by atoms with Crippen LogP contribution in [0.4, 0.5) is 0 Å². The molecule has 1 N–H and O–H groups in total. The summed E-state index contributed by atoms with van der Waals surface area (Å²) in [5.41, 5.74) is -0.606. The third-order valence-electron chi connectivity index (χ3n) is 3.68. The first-order valence-electron chi connectivity index (χ1n) is 6.36.